The molecule has 0 atom stereocenters. The molecule has 0 spiro atoms. The van der Waals surface area contributed by atoms with E-state index in [-0.39, 0.29) is 11.8 Å². The molecular formula is C6H10N2O3S. The van der Waals surface area contributed by atoms with E-state index in [0.29, 0.717) is 0 Å². The summed E-state index contributed by atoms with van der Waals surface area (Å²) in [7, 11) is -4.38. The molecule has 0 fully saturated rings. The average Bonchev–Trinajstić information content (AvgIpc) is 1.85. The molecule has 0 saturated carbocycles. The first-order valence-corrected chi connectivity index (χ1v) is 4.27. The summed E-state index contributed by atoms with van der Waals surface area (Å²) < 4.78 is 32.2. The average molecular weight is 190 g/mol. The summed E-state index contributed by atoms with van der Waals surface area (Å²) >= 11 is 0. The van der Waals surface area contributed by atoms with Crippen molar-refractivity contribution in [3.05, 3.63) is 30.3 Å². The van der Waals surface area contributed by atoms with Crippen LogP contribution >= 0.6 is 0 Å². The number of quaternary nitrogens is 1. The lowest BCUT2D eigenvalue weighted by atomic mass is 10.3. The van der Waals surface area contributed by atoms with Gasteiger partial charge >= 0.3 is 0 Å². The molecule has 0 aromatic heterocycles. The summed E-state index contributed by atoms with van der Waals surface area (Å²) in [6, 6.07) is 7.98. The van der Waals surface area contributed by atoms with Crippen LogP contribution in [0.2, 0.25) is 0 Å². The highest BCUT2D eigenvalue weighted by Gasteiger charge is 1.92. The first-order chi connectivity index (χ1) is 5.08. The summed E-state index contributed by atoms with van der Waals surface area (Å²) in [6.45, 7) is 0. The molecule has 0 amide bonds. The van der Waals surface area contributed by atoms with Crippen LogP contribution in [0.4, 0.5) is 5.69 Å². The van der Waals surface area contributed by atoms with Crippen molar-refractivity contribution in [3.8, 4) is 0 Å². The van der Waals surface area contributed by atoms with E-state index in [2.05, 4.69) is 0 Å². The molecular weight excluding hydrogens is 180 g/mol. The standard InChI is InChI=1S/C6H7NO3S.H3N/c8-11(9,10)7-6-4-2-1-3-5-6;/h1-5,7H,(H,8,9,10);1H3. The van der Waals surface area contributed by atoms with Crippen LogP contribution < -0.4 is 10.9 Å². The molecule has 0 unspecified atom stereocenters. The fourth-order valence-electron chi connectivity index (χ4n) is 0.651. The predicted molar refractivity (Wildman–Crippen MR) is 45.7 cm³/mol. The van der Waals surface area contributed by atoms with Crippen molar-refractivity contribution in [2.24, 2.45) is 0 Å². The molecule has 5 N–H and O–H groups in total. The summed E-state index contributed by atoms with van der Waals surface area (Å²) in [5, 5.41) is 0. The van der Waals surface area contributed by atoms with Gasteiger partial charge in [-0.2, -0.15) is 0 Å². The SMILES string of the molecule is O=S(=O)([O-])Nc1ccccc1.[NH4+]. The van der Waals surface area contributed by atoms with E-state index >= 15 is 0 Å². The molecule has 12 heavy (non-hydrogen) atoms. The minimum atomic E-state index is -4.38. The third-order valence-electron chi connectivity index (χ3n) is 1.02. The lowest BCUT2D eigenvalue weighted by Gasteiger charge is -2.08. The van der Waals surface area contributed by atoms with E-state index < -0.39 is 10.3 Å². The topological polar surface area (TPSA) is 106 Å². The molecule has 5 nitrogen and oxygen atoms in total. The third-order valence-corrected chi connectivity index (χ3v) is 1.50. The molecule has 1 aromatic carbocycles. The normalized spacial score (nSPS) is 10.1. The van der Waals surface area contributed by atoms with Crippen LogP contribution in [-0.2, 0) is 10.3 Å². The van der Waals surface area contributed by atoms with Gasteiger partial charge in [0.1, 0.15) is 0 Å². The van der Waals surface area contributed by atoms with Crippen molar-refractivity contribution in [2.75, 3.05) is 4.72 Å². The fourth-order valence-corrected chi connectivity index (χ4v) is 1.08. The van der Waals surface area contributed by atoms with Crippen LogP contribution in [0.15, 0.2) is 30.3 Å². The highest BCUT2D eigenvalue weighted by molar-refractivity contribution is 7.87. The van der Waals surface area contributed by atoms with Gasteiger partial charge in [-0.05, 0) is 12.1 Å². The van der Waals surface area contributed by atoms with Crippen LogP contribution in [-0.4, -0.2) is 13.0 Å². The minimum Gasteiger partial charge on any atom is -0.731 e. The van der Waals surface area contributed by atoms with Crippen molar-refractivity contribution in [1.29, 1.82) is 0 Å². The van der Waals surface area contributed by atoms with Crippen LogP contribution in [0.3, 0.4) is 0 Å². The van der Waals surface area contributed by atoms with E-state index in [1.54, 1.807) is 22.9 Å². The van der Waals surface area contributed by atoms with Gasteiger partial charge in [-0.25, -0.2) is 8.42 Å². The molecule has 1 rings (SSSR count). The second kappa shape index (κ2) is 4.05. The lowest BCUT2D eigenvalue weighted by molar-refractivity contribution is 0.469. The van der Waals surface area contributed by atoms with Gasteiger partial charge in [-0.15, -0.1) is 0 Å². The maximum Gasteiger partial charge on any atom is 0.181 e. The number of hydrogen-bond donors (Lipinski definition) is 2. The minimum absolute atomic E-state index is 0. The summed E-state index contributed by atoms with van der Waals surface area (Å²) in [4.78, 5) is 0. The first-order valence-electron chi connectivity index (χ1n) is 2.86. The fraction of sp³-hybridized carbons (Fsp3) is 0. The zero-order valence-corrected chi connectivity index (χ0v) is 7.34. The number of benzene rings is 1. The summed E-state index contributed by atoms with van der Waals surface area (Å²) in [5.74, 6) is 0. The van der Waals surface area contributed by atoms with Crippen molar-refractivity contribution < 1.29 is 13.0 Å². The zero-order chi connectivity index (χ0) is 8.32. The maximum absolute atomic E-state index is 10.1. The summed E-state index contributed by atoms with van der Waals surface area (Å²) in [5.41, 5.74) is 0.280. The first kappa shape index (κ1) is 10.9. The van der Waals surface area contributed by atoms with Crippen molar-refractivity contribution in [2.45, 2.75) is 0 Å². The van der Waals surface area contributed by atoms with Crippen molar-refractivity contribution in [3.63, 3.8) is 0 Å². The largest absolute Gasteiger partial charge is 0.731 e. The Labute approximate surface area is 70.9 Å². The third kappa shape index (κ3) is 3.91. The Morgan fingerprint density at radius 2 is 1.67 bits per heavy atom. The quantitative estimate of drug-likeness (QED) is 0.677. The molecule has 0 radical (unpaired) electrons. The van der Waals surface area contributed by atoms with Crippen LogP contribution in [0.25, 0.3) is 0 Å². The Morgan fingerprint density at radius 3 is 2.08 bits per heavy atom. The van der Waals surface area contributed by atoms with Gasteiger partial charge in [0.2, 0.25) is 0 Å². The monoisotopic (exact) mass is 190 g/mol. The smallest absolute Gasteiger partial charge is 0.181 e. The predicted octanol–water partition coefficient (Wildman–Crippen LogP) is 0.935. The molecule has 0 bridgehead atoms. The molecule has 0 heterocycles. The maximum atomic E-state index is 10.1. The van der Waals surface area contributed by atoms with Crippen LogP contribution in [0.1, 0.15) is 0 Å². The van der Waals surface area contributed by atoms with Gasteiger partial charge in [0.25, 0.3) is 0 Å². The lowest BCUT2D eigenvalue weighted by Crippen LogP contribution is -2.10. The van der Waals surface area contributed by atoms with E-state index in [4.69, 9.17) is 0 Å². The molecule has 1 aromatic rings. The second-order valence-corrected chi connectivity index (χ2v) is 3.03. The van der Waals surface area contributed by atoms with Crippen LogP contribution in [0, 0.1) is 0 Å². The van der Waals surface area contributed by atoms with E-state index in [1.807, 2.05) is 0 Å². The molecule has 6 heteroatoms. The van der Waals surface area contributed by atoms with Crippen LogP contribution in [0.5, 0.6) is 0 Å². The second-order valence-electron chi connectivity index (χ2n) is 1.92. The van der Waals surface area contributed by atoms with Gasteiger partial charge in [0.15, 0.2) is 10.3 Å². The molecule has 0 aliphatic carbocycles. The Morgan fingerprint density at radius 1 is 1.17 bits per heavy atom. The van der Waals surface area contributed by atoms with Gasteiger partial charge in [-0.1, -0.05) is 18.2 Å². The van der Waals surface area contributed by atoms with E-state index in [9.17, 15) is 13.0 Å². The number of rotatable bonds is 2. The molecule has 68 valence electrons. The van der Waals surface area contributed by atoms with E-state index in [0.717, 1.165) is 0 Å². The molecule has 0 aliphatic rings. The number of para-hydroxylation sites is 1. The zero-order valence-electron chi connectivity index (χ0n) is 6.52. The van der Waals surface area contributed by atoms with Gasteiger partial charge in [0, 0.05) is 5.69 Å². The number of nitrogens with one attached hydrogen (secondary N) is 1. The molecule has 0 saturated heterocycles. The van der Waals surface area contributed by atoms with Gasteiger partial charge in [-0.3, -0.25) is 4.72 Å². The number of hydrogen-bond acceptors (Lipinski definition) is 3. The highest BCUT2D eigenvalue weighted by atomic mass is 32.2. The summed E-state index contributed by atoms with van der Waals surface area (Å²) in [6.07, 6.45) is 0. The Bertz CT molecular complexity index is 322. The number of anilines is 1. The van der Waals surface area contributed by atoms with Gasteiger partial charge in [0.05, 0.1) is 0 Å². The van der Waals surface area contributed by atoms with Crippen molar-refractivity contribution in [1.82, 2.24) is 6.15 Å². The Balaban J connectivity index is 0.00000121. The Kier molecular flexibility index (Phi) is 3.68. The van der Waals surface area contributed by atoms with Gasteiger partial charge < -0.3 is 10.7 Å². The highest BCUT2D eigenvalue weighted by Crippen LogP contribution is 2.05. The Hall–Kier alpha value is -1.11. The van der Waals surface area contributed by atoms with Crippen molar-refractivity contribution >= 4 is 16.0 Å². The molecule has 0 aliphatic heterocycles. The van der Waals surface area contributed by atoms with E-state index in [1.165, 1.54) is 12.1 Å².